The molecule has 1 atom stereocenters. The monoisotopic (exact) mass is 247 g/mol. The number of hydrogen-bond acceptors (Lipinski definition) is 3. The highest BCUT2D eigenvalue weighted by molar-refractivity contribution is 7.91. The highest BCUT2D eigenvalue weighted by Crippen LogP contribution is 2.33. The van der Waals surface area contributed by atoms with Crippen molar-refractivity contribution in [2.45, 2.75) is 17.4 Å². The van der Waals surface area contributed by atoms with Gasteiger partial charge in [-0.15, -0.1) is 0 Å². The minimum Gasteiger partial charge on any atom is -0.313 e. The summed E-state index contributed by atoms with van der Waals surface area (Å²) in [4.78, 5) is -0.1000. The van der Waals surface area contributed by atoms with Gasteiger partial charge in [0.05, 0.1) is 10.6 Å². The van der Waals surface area contributed by atoms with Gasteiger partial charge in [0.15, 0.2) is 21.5 Å². The van der Waals surface area contributed by atoms with Crippen LogP contribution >= 0.6 is 0 Å². The van der Waals surface area contributed by atoms with Gasteiger partial charge in [0.2, 0.25) is 0 Å². The van der Waals surface area contributed by atoms with E-state index in [1.54, 1.807) is 7.05 Å². The Morgan fingerprint density at radius 3 is 2.56 bits per heavy atom. The molecule has 1 unspecified atom stereocenters. The van der Waals surface area contributed by atoms with Crippen LogP contribution in [0.25, 0.3) is 0 Å². The first kappa shape index (κ1) is 11.5. The molecule has 0 spiro atoms. The predicted molar refractivity (Wildman–Crippen MR) is 54.8 cm³/mol. The summed E-state index contributed by atoms with van der Waals surface area (Å²) in [5, 5.41) is 2.89. The van der Waals surface area contributed by atoms with Crippen molar-refractivity contribution in [3.8, 4) is 0 Å². The first-order valence-corrected chi connectivity index (χ1v) is 6.50. The molecule has 88 valence electrons. The molecule has 16 heavy (non-hydrogen) atoms. The van der Waals surface area contributed by atoms with E-state index in [-0.39, 0.29) is 16.7 Å². The smallest absolute Gasteiger partial charge is 0.178 e. The number of rotatable bonds is 1. The zero-order chi connectivity index (χ0) is 11.9. The predicted octanol–water partition coefficient (Wildman–Crippen LogP) is 1.40. The van der Waals surface area contributed by atoms with Crippen LogP contribution in [0.15, 0.2) is 17.0 Å². The van der Waals surface area contributed by atoms with Crippen molar-refractivity contribution in [2.24, 2.45) is 0 Å². The lowest BCUT2D eigenvalue weighted by atomic mass is 10.0. The second-order valence-corrected chi connectivity index (χ2v) is 5.83. The molecule has 0 saturated carbocycles. The molecule has 3 nitrogen and oxygen atoms in total. The molecule has 0 aliphatic carbocycles. The third-order valence-electron chi connectivity index (χ3n) is 2.79. The van der Waals surface area contributed by atoms with Crippen molar-refractivity contribution in [3.05, 3.63) is 29.3 Å². The van der Waals surface area contributed by atoms with E-state index in [1.807, 2.05) is 0 Å². The van der Waals surface area contributed by atoms with Crippen LogP contribution in [-0.4, -0.2) is 21.2 Å². The molecule has 0 radical (unpaired) electrons. The molecule has 2 rings (SSSR count). The van der Waals surface area contributed by atoms with E-state index in [2.05, 4.69) is 5.32 Å². The van der Waals surface area contributed by atoms with Gasteiger partial charge < -0.3 is 5.32 Å². The molecule has 1 aliphatic rings. The van der Waals surface area contributed by atoms with E-state index in [1.165, 1.54) is 0 Å². The Morgan fingerprint density at radius 2 is 1.94 bits per heavy atom. The molecule has 0 fully saturated rings. The number of nitrogens with one attached hydrogen (secondary N) is 1. The van der Waals surface area contributed by atoms with Crippen LogP contribution in [-0.2, 0) is 9.84 Å². The van der Waals surface area contributed by atoms with Crippen LogP contribution in [0.2, 0.25) is 0 Å². The summed E-state index contributed by atoms with van der Waals surface area (Å²) in [5.41, 5.74) is 0.313. The Balaban J connectivity index is 2.69. The summed E-state index contributed by atoms with van der Waals surface area (Å²) in [6.45, 7) is 0. The Morgan fingerprint density at radius 1 is 1.31 bits per heavy atom. The van der Waals surface area contributed by atoms with E-state index in [4.69, 9.17) is 0 Å². The summed E-state index contributed by atoms with van der Waals surface area (Å²) >= 11 is 0. The molecule has 1 aromatic rings. The zero-order valence-corrected chi connectivity index (χ0v) is 9.44. The van der Waals surface area contributed by atoms with Crippen molar-refractivity contribution in [1.82, 2.24) is 5.32 Å². The van der Waals surface area contributed by atoms with Gasteiger partial charge in [0.25, 0.3) is 0 Å². The highest BCUT2D eigenvalue weighted by atomic mass is 32.2. The Kier molecular flexibility index (Phi) is 2.71. The molecule has 0 saturated heterocycles. The van der Waals surface area contributed by atoms with Crippen molar-refractivity contribution < 1.29 is 17.2 Å². The molecule has 0 bridgehead atoms. The number of fused-ring (bicyclic) bond motifs is 1. The van der Waals surface area contributed by atoms with Crippen molar-refractivity contribution >= 4 is 9.84 Å². The summed E-state index contributed by atoms with van der Waals surface area (Å²) in [6.07, 6.45) is 0.372. The molecule has 0 amide bonds. The van der Waals surface area contributed by atoms with E-state index in [0.717, 1.165) is 12.1 Å². The second-order valence-electron chi connectivity index (χ2n) is 3.75. The van der Waals surface area contributed by atoms with Crippen LogP contribution in [0.4, 0.5) is 8.78 Å². The maximum Gasteiger partial charge on any atom is 0.178 e. The van der Waals surface area contributed by atoms with E-state index < -0.39 is 21.5 Å². The topological polar surface area (TPSA) is 46.2 Å². The lowest BCUT2D eigenvalue weighted by molar-refractivity contribution is 0.484. The lowest BCUT2D eigenvalue weighted by Gasteiger charge is -2.25. The SMILES string of the molecule is CNC1CCS(=O)(=O)c2cc(F)c(F)cc21. The van der Waals surface area contributed by atoms with Crippen LogP contribution in [0.1, 0.15) is 18.0 Å². The van der Waals surface area contributed by atoms with Crippen LogP contribution in [0.5, 0.6) is 0 Å². The van der Waals surface area contributed by atoms with Gasteiger partial charge in [-0.2, -0.15) is 0 Å². The van der Waals surface area contributed by atoms with Gasteiger partial charge in [0.1, 0.15) is 0 Å². The first-order chi connectivity index (χ1) is 7.45. The van der Waals surface area contributed by atoms with Gasteiger partial charge >= 0.3 is 0 Å². The van der Waals surface area contributed by atoms with Gasteiger partial charge in [-0.3, -0.25) is 0 Å². The third-order valence-corrected chi connectivity index (χ3v) is 4.58. The molecule has 1 heterocycles. The van der Waals surface area contributed by atoms with Crippen LogP contribution in [0.3, 0.4) is 0 Å². The molecular weight excluding hydrogens is 236 g/mol. The number of halogens is 2. The number of sulfone groups is 1. The zero-order valence-electron chi connectivity index (χ0n) is 8.63. The van der Waals surface area contributed by atoms with Crippen molar-refractivity contribution in [1.29, 1.82) is 0 Å². The fourth-order valence-electron chi connectivity index (χ4n) is 1.92. The van der Waals surface area contributed by atoms with Gasteiger partial charge in [0, 0.05) is 6.04 Å². The second kappa shape index (κ2) is 3.78. The van der Waals surface area contributed by atoms with Crippen LogP contribution < -0.4 is 5.32 Å². The molecule has 0 aromatic heterocycles. The summed E-state index contributed by atoms with van der Waals surface area (Å²) in [6, 6.07) is 1.49. The first-order valence-electron chi connectivity index (χ1n) is 4.84. The highest BCUT2D eigenvalue weighted by Gasteiger charge is 2.31. The van der Waals surface area contributed by atoms with Crippen molar-refractivity contribution in [3.63, 3.8) is 0 Å². The maximum absolute atomic E-state index is 13.1. The standard InChI is InChI=1S/C10H11F2NO2S/c1-13-9-2-3-16(14,15)10-5-8(12)7(11)4-6(9)10/h4-5,9,13H,2-3H2,1H3. The molecule has 1 aromatic carbocycles. The Bertz CT molecular complexity index is 528. The van der Waals surface area contributed by atoms with E-state index in [0.29, 0.717) is 12.0 Å². The van der Waals surface area contributed by atoms with Gasteiger partial charge in [-0.05, 0) is 31.2 Å². The Labute approximate surface area is 92.4 Å². The third kappa shape index (κ3) is 1.72. The summed E-state index contributed by atoms with van der Waals surface area (Å²) in [5.74, 6) is -2.19. The van der Waals surface area contributed by atoms with Crippen molar-refractivity contribution in [2.75, 3.05) is 12.8 Å². The maximum atomic E-state index is 13.1. The molecule has 1 aliphatic heterocycles. The van der Waals surface area contributed by atoms with Gasteiger partial charge in [-0.25, -0.2) is 17.2 Å². The Hall–Kier alpha value is -1.01. The summed E-state index contributed by atoms with van der Waals surface area (Å²) in [7, 11) is -1.81. The largest absolute Gasteiger partial charge is 0.313 e. The fourth-order valence-corrected chi connectivity index (χ4v) is 3.53. The van der Waals surface area contributed by atoms with E-state index >= 15 is 0 Å². The van der Waals surface area contributed by atoms with Crippen LogP contribution in [0, 0.1) is 11.6 Å². The normalized spacial score (nSPS) is 22.8. The summed E-state index contributed by atoms with van der Waals surface area (Å²) < 4.78 is 49.5. The van der Waals surface area contributed by atoms with E-state index in [9.17, 15) is 17.2 Å². The average molecular weight is 247 g/mol. The molecular formula is C10H11F2NO2S. The average Bonchev–Trinajstić information content (AvgIpc) is 2.22. The number of benzene rings is 1. The lowest BCUT2D eigenvalue weighted by Crippen LogP contribution is -2.27. The molecule has 6 heteroatoms. The van der Waals surface area contributed by atoms with Gasteiger partial charge in [-0.1, -0.05) is 0 Å². The quantitative estimate of drug-likeness (QED) is 0.763. The minimum atomic E-state index is -3.47. The number of hydrogen-bond donors (Lipinski definition) is 1. The molecule has 1 N–H and O–H groups in total. The minimum absolute atomic E-state index is 0.0451. The fraction of sp³-hybridized carbons (Fsp3) is 0.400.